The summed E-state index contributed by atoms with van der Waals surface area (Å²) in [4.78, 5) is 0. The third-order valence-electron chi connectivity index (χ3n) is 2.63. The van der Waals surface area contributed by atoms with Crippen LogP contribution in [0.5, 0.6) is 0 Å². The van der Waals surface area contributed by atoms with Crippen molar-refractivity contribution in [2.75, 3.05) is 0 Å². The van der Waals surface area contributed by atoms with Gasteiger partial charge in [-0.3, -0.25) is 0 Å². The normalized spacial score (nSPS) is 11.6. The first-order valence-electron chi connectivity index (χ1n) is 5.13. The quantitative estimate of drug-likeness (QED) is 0.481. The van der Waals surface area contributed by atoms with Crippen molar-refractivity contribution in [1.82, 2.24) is 0 Å². The Labute approximate surface area is 100 Å². The monoisotopic (exact) mass is 182 g/mol. The molecule has 0 nitrogen and oxygen atoms in total. The summed E-state index contributed by atoms with van der Waals surface area (Å²) in [7, 11) is 0. The van der Waals surface area contributed by atoms with Crippen molar-refractivity contribution in [2.45, 2.75) is 33.6 Å². The molecule has 0 aliphatic rings. The number of aryl methyl sites for hydroxylation is 1. The van der Waals surface area contributed by atoms with Gasteiger partial charge in [0.25, 0.3) is 0 Å². The molecule has 1 atom stereocenters. The summed E-state index contributed by atoms with van der Waals surface area (Å²) in [5, 5.41) is 0. The molecule has 0 radical (unpaired) electrons. The van der Waals surface area contributed by atoms with E-state index in [1.54, 1.807) is 0 Å². The van der Waals surface area contributed by atoms with Gasteiger partial charge in [-0.2, -0.15) is 23.6 Å². The Morgan fingerprint density at radius 2 is 1.93 bits per heavy atom. The van der Waals surface area contributed by atoms with E-state index in [4.69, 9.17) is 0 Å². The fourth-order valence-corrected chi connectivity index (χ4v) is 1.31. The first-order chi connectivity index (χ1) is 6.24. The predicted molar refractivity (Wildman–Crippen MR) is 58.7 cm³/mol. The van der Waals surface area contributed by atoms with E-state index in [9.17, 15) is 0 Å². The molecule has 0 aliphatic heterocycles. The molecule has 14 heavy (non-hydrogen) atoms. The van der Waals surface area contributed by atoms with E-state index in [0.29, 0.717) is 0 Å². The fraction of sp³-hybridized carbons (Fsp3) is 0.462. The number of hydrogen-bond acceptors (Lipinski definition) is 0. The Kier molecular flexibility index (Phi) is 6.88. The second-order valence-electron chi connectivity index (χ2n) is 3.81. The zero-order valence-corrected chi connectivity index (χ0v) is 9.88. The maximum atomic E-state index is 2.35. The van der Waals surface area contributed by atoms with E-state index in [-0.39, 0.29) is 18.9 Å². The molecule has 0 fully saturated rings. The number of rotatable bonds is 4. The molecule has 1 heteroatoms. The van der Waals surface area contributed by atoms with Crippen molar-refractivity contribution in [2.24, 2.45) is 5.92 Å². The van der Waals surface area contributed by atoms with Gasteiger partial charge in [0.1, 0.15) is 0 Å². The smallest absolute Gasteiger partial charge is 0.189 e. The van der Waals surface area contributed by atoms with E-state index in [0.717, 1.165) is 5.92 Å². The third kappa shape index (κ3) is 4.27. The Morgan fingerprint density at radius 3 is 2.50 bits per heavy atom. The SMILES string of the molecule is CCC(C)C[CH-]c1ccccc1C.[Li+]. The van der Waals surface area contributed by atoms with Crippen molar-refractivity contribution in [1.29, 1.82) is 0 Å². The molecule has 1 unspecified atom stereocenters. The molecule has 0 aromatic heterocycles. The topological polar surface area (TPSA) is 0 Å². The van der Waals surface area contributed by atoms with Crippen LogP contribution in [0.25, 0.3) is 0 Å². The summed E-state index contributed by atoms with van der Waals surface area (Å²) >= 11 is 0. The second-order valence-corrected chi connectivity index (χ2v) is 3.81. The van der Waals surface area contributed by atoms with Crippen LogP contribution in [0.3, 0.4) is 0 Å². The largest absolute Gasteiger partial charge is 1.00 e. The number of hydrogen-bond donors (Lipinski definition) is 0. The van der Waals surface area contributed by atoms with Gasteiger partial charge in [-0.1, -0.05) is 45.6 Å². The predicted octanol–water partition coefficient (Wildman–Crippen LogP) is 0.988. The van der Waals surface area contributed by atoms with Gasteiger partial charge in [-0.25, -0.2) is 0 Å². The van der Waals surface area contributed by atoms with Crippen molar-refractivity contribution < 1.29 is 18.9 Å². The van der Waals surface area contributed by atoms with Gasteiger partial charge in [0.15, 0.2) is 0 Å². The minimum Gasteiger partial charge on any atom is -0.189 e. The standard InChI is InChI=1S/C13H19.Li/c1-4-11(2)9-10-13-8-6-5-7-12(13)3;/h5-8,10-11H,4,9H2,1-3H3;/q-1;+1. The molecule has 1 aromatic carbocycles. The van der Waals surface area contributed by atoms with Crippen LogP contribution in [0.4, 0.5) is 0 Å². The van der Waals surface area contributed by atoms with E-state index in [1.807, 2.05) is 0 Å². The second kappa shape index (κ2) is 7.04. The van der Waals surface area contributed by atoms with Crippen LogP contribution >= 0.6 is 0 Å². The summed E-state index contributed by atoms with van der Waals surface area (Å²) in [6, 6.07) is 8.56. The Morgan fingerprint density at radius 1 is 1.29 bits per heavy atom. The Bertz CT molecular complexity index is 255. The zero-order valence-electron chi connectivity index (χ0n) is 9.88. The molecule has 0 saturated carbocycles. The molecule has 1 rings (SSSR count). The molecule has 0 amide bonds. The molecule has 0 spiro atoms. The minimum atomic E-state index is 0. The van der Waals surface area contributed by atoms with Crippen molar-refractivity contribution in [3.8, 4) is 0 Å². The zero-order chi connectivity index (χ0) is 9.68. The van der Waals surface area contributed by atoms with Gasteiger partial charge in [0.2, 0.25) is 0 Å². The maximum Gasteiger partial charge on any atom is 1.00 e. The molecule has 0 bridgehead atoms. The van der Waals surface area contributed by atoms with Crippen LogP contribution in [0.1, 0.15) is 37.8 Å². The first-order valence-corrected chi connectivity index (χ1v) is 5.13. The van der Waals surface area contributed by atoms with E-state index < -0.39 is 0 Å². The van der Waals surface area contributed by atoms with Gasteiger partial charge >= 0.3 is 18.9 Å². The number of benzene rings is 1. The molecule has 0 N–H and O–H groups in total. The maximum absolute atomic E-state index is 2.35. The van der Waals surface area contributed by atoms with E-state index in [1.165, 1.54) is 24.0 Å². The van der Waals surface area contributed by atoms with Crippen molar-refractivity contribution >= 4 is 0 Å². The van der Waals surface area contributed by atoms with E-state index >= 15 is 0 Å². The van der Waals surface area contributed by atoms with Gasteiger partial charge < -0.3 is 0 Å². The first kappa shape index (κ1) is 13.7. The molecule has 0 saturated heterocycles. The minimum absolute atomic E-state index is 0. The van der Waals surface area contributed by atoms with Crippen LogP contribution in [0.2, 0.25) is 0 Å². The molecular formula is C13H19Li. The fourth-order valence-electron chi connectivity index (χ4n) is 1.31. The summed E-state index contributed by atoms with van der Waals surface area (Å²) in [5.41, 5.74) is 2.77. The van der Waals surface area contributed by atoms with Crippen LogP contribution in [-0.4, -0.2) is 0 Å². The average molecular weight is 182 g/mol. The summed E-state index contributed by atoms with van der Waals surface area (Å²) < 4.78 is 0. The molecule has 1 aromatic rings. The van der Waals surface area contributed by atoms with Crippen LogP contribution < -0.4 is 18.9 Å². The molecular weight excluding hydrogens is 163 g/mol. The Balaban J connectivity index is 0.00000169. The molecule has 0 heterocycles. The summed E-state index contributed by atoms with van der Waals surface area (Å²) in [6.45, 7) is 6.72. The van der Waals surface area contributed by atoms with Crippen molar-refractivity contribution in [3.05, 3.63) is 41.8 Å². The Hall–Kier alpha value is -0.313. The summed E-state index contributed by atoms with van der Waals surface area (Å²) in [5.74, 6) is 0.805. The van der Waals surface area contributed by atoms with Crippen molar-refractivity contribution in [3.63, 3.8) is 0 Å². The molecule has 0 aliphatic carbocycles. The van der Waals surface area contributed by atoms with Crippen LogP contribution in [0.15, 0.2) is 24.3 Å². The van der Waals surface area contributed by atoms with Gasteiger partial charge in [-0.05, 0) is 0 Å². The third-order valence-corrected chi connectivity index (χ3v) is 2.63. The average Bonchev–Trinajstić information content (AvgIpc) is 2.16. The summed E-state index contributed by atoms with van der Waals surface area (Å²) in [6.07, 6.45) is 4.81. The van der Waals surface area contributed by atoms with Gasteiger partial charge in [0, 0.05) is 0 Å². The van der Waals surface area contributed by atoms with Crippen LogP contribution in [-0.2, 0) is 0 Å². The molecule has 72 valence electrons. The van der Waals surface area contributed by atoms with Gasteiger partial charge in [0.05, 0.1) is 0 Å². The van der Waals surface area contributed by atoms with Gasteiger partial charge in [-0.15, -0.1) is 12.1 Å². The van der Waals surface area contributed by atoms with E-state index in [2.05, 4.69) is 51.5 Å². The van der Waals surface area contributed by atoms with Crippen LogP contribution in [0, 0.1) is 19.3 Å².